The molecule has 0 fully saturated rings. The van der Waals surface area contributed by atoms with Crippen molar-refractivity contribution >= 4 is 63.7 Å². The number of nitrogens with zero attached hydrogens (tertiary/aromatic N) is 6. The van der Waals surface area contributed by atoms with Gasteiger partial charge in [0, 0.05) is 39.4 Å². The fourth-order valence-corrected chi connectivity index (χ4v) is 1.92. The van der Waals surface area contributed by atoms with Crippen LogP contribution >= 0.6 is 0 Å². The van der Waals surface area contributed by atoms with Crippen LogP contribution in [0.3, 0.4) is 0 Å². The maximum atomic E-state index is 11.1. The van der Waals surface area contributed by atoms with E-state index in [-0.39, 0.29) is 69.0 Å². The quantitative estimate of drug-likeness (QED) is 0.231. The van der Waals surface area contributed by atoms with Crippen LogP contribution in [0.25, 0.3) is 0 Å². The summed E-state index contributed by atoms with van der Waals surface area (Å²) in [7, 11) is 0. The van der Waals surface area contributed by atoms with Crippen LogP contribution in [-0.4, -0.2) is 59.1 Å². The van der Waals surface area contributed by atoms with Crippen molar-refractivity contribution in [2.45, 2.75) is 0 Å². The third-order valence-corrected chi connectivity index (χ3v) is 3.28. The van der Waals surface area contributed by atoms with E-state index < -0.39 is 75.2 Å². The van der Waals surface area contributed by atoms with Gasteiger partial charge in [-0.2, -0.15) is 0 Å². The Morgan fingerprint density at radius 2 is 0.629 bits per heavy atom. The summed E-state index contributed by atoms with van der Waals surface area (Å²) < 4.78 is 0. The van der Waals surface area contributed by atoms with Crippen LogP contribution < -0.4 is 10.2 Å². The normalized spacial score (nSPS) is 8.91. The van der Waals surface area contributed by atoms with Crippen LogP contribution in [0.15, 0.2) is 24.3 Å². The predicted octanol–water partition coefficient (Wildman–Crippen LogP) is 0.316. The van der Waals surface area contributed by atoms with Gasteiger partial charge in [-0.1, -0.05) is 0 Å². The van der Waals surface area contributed by atoms with Crippen molar-refractivity contribution in [1.82, 2.24) is 0 Å². The van der Waals surface area contributed by atoms with Crippen molar-refractivity contribution in [2.75, 3.05) is 0 Å². The Morgan fingerprint density at radius 3 is 0.743 bits per heavy atom. The molecule has 2 aromatic carbocycles. The molecule has 0 saturated carbocycles. The first-order valence-corrected chi connectivity index (χ1v) is 7.25. The summed E-state index contributed by atoms with van der Waals surface area (Å²) in [6, 6.07) is 1.54. The Morgan fingerprint density at radius 1 is 0.457 bits per heavy atom. The Bertz CT molecular complexity index is 1030. The zero-order valence-electron chi connectivity index (χ0n) is 15.3. The van der Waals surface area contributed by atoms with E-state index in [2.05, 4.69) is 0 Å². The molecule has 0 unspecified atom stereocenters. The van der Waals surface area contributed by atoms with Crippen molar-refractivity contribution in [3.63, 3.8) is 0 Å². The molecule has 0 amide bonds. The van der Waals surface area contributed by atoms with Gasteiger partial charge in [-0.3, -0.25) is 60.7 Å². The number of non-ortho nitro benzene ring substituents is 2. The summed E-state index contributed by atoms with van der Waals surface area (Å²) in [4.78, 5) is 55.0. The molecule has 2 rings (SSSR count). The zero-order valence-corrected chi connectivity index (χ0v) is 17.7. The number of hydrogen-bond acceptors (Lipinski definition) is 14. The van der Waals surface area contributed by atoms with Crippen molar-refractivity contribution < 1.29 is 79.2 Å². The van der Waals surface area contributed by atoms with Gasteiger partial charge < -0.3 is 10.2 Å². The number of nitro groups is 6. The molecule has 35 heavy (non-hydrogen) atoms. The van der Waals surface area contributed by atoms with Gasteiger partial charge >= 0.3 is 29.6 Å². The third kappa shape index (κ3) is 9.10. The van der Waals surface area contributed by atoms with E-state index in [9.17, 15) is 70.9 Å². The van der Waals surface area contributed by atoms with Gasteiger partial charge in [0.2, 0.25) is 0 Å². The third-order valence-electron chi connectivity index (χ3n) is 3.28. The number of rotatable bonds is 6. The first kappa shape index (κ1) is 36.3. The second kappa shape index (κ2) is 14.9. The molecule has 20 nitrogen and oxygen atoms in total. The van der Waals surface area contributed by atoms with E-state index in [1.165, 1.54) is 0 Å². The van der Waals surface area contributed by atoms with Gasteiger partial charge in [-0.15, -0.1) is 0 Å². The second-order valence-electron chi connectivity index (χ2n) is 5.17. The van der Waals surface area contributed by atoms with Gasteiger partial charge in [-0.05, 0) is 0 Å². The molecule has 0 aliphatic rings. The van der Waals surface area contributed by atoms with E-state index in [1.807, 2.05) is 0 Å². The average molecular weight is 652 g/mol. The fraction of sp³-hybridized carbons (Fsp3) is 0. The summed E-state index contributed by atoms with van der Waals surface area (Å²) in [5, 5.41) is 84.2. The van der Waals surface area contributed by atoms with Crippen LogP contribution in [0.4, 0.5) is 34.1 Å². The van der Waals surface area contributed by atoms with Crippen LogP contribution in [-0.2, 0) is 39.4 Å². The zero-order chi connectivity index (χ0) is 24.9. The van der Waals surface area contributed by atoms with Gasteiger partial charge in [0.1, 0.15) is 0 Å². The molecular weight excluding hydrogens is 647 g/mol. The fourth-order valence-electron chi connectivity index (χ4n) is 1.92. The van der Waals surface area contributed by atoms with Crippen molar-refractivity contribution in [2.24, 2.45) is 0 Å². The molecule has 2 aromatic rings. The Hall–Kier alpha value is -3.30. The maximum absolute atomic E-state index is 11.1. The molecule has 0 saturated heterocycles. The SMILES string of the molecule is O=[N+]([O-])c1cc([N+](=O)[O-])c([O-])c([N+](=O)[O-])c1.O=[N+]([O-])c1cc([N+](=O)[O-])c([O-])c([N+](=O)[O-])c1.[Ag].[Cu].[NaH]. The van der Waals surface area contributed by atoms with Crippen LogP contribution in [0.1, 0.15) is 0 Å². The second-order valence-corrected chi connectivity index (χ2v) is 5.17. The minimum absolute atomic E-state index is 0. The first-order chi connectivity index (χ1) is 14.7. The molecule has 0 spiro atoms. The van der Waals surface area contributed by atoms with Crippen LogP contribution in [0.2, 0.25) is 0 Å². The Balaban J connectivity index is -0.000000539. The van der Waals surface area contributed by atoms with E-state index in [0.717, 1.165) is 0 Å². The predicted molar refractivity (Wildman–Crippen MR) is 98.9 cm³/mol. The molecule has 0 atom stereocenters. The van der Waals surface area contributed by atoms with E-state index >= 15 is 0 Å². The first-order valence-electron chi connectivity index (χ1n) is 7.25. The Labute approximate surface area is 238 Å². The molecule has 23 heteroatoms. The monoisotopic (exact) mass is 650 g/mol. The number of hydrogen-bond donors (Lipinski definition) is 0. The van der Waals surface area contributed by atoms with Gasteiger partial charge in [-0.25, -0.2) is 0 Å². The summed E-state index contributed by atoms with van der Waals surface area (Å²) in [5.41, 5.74) is -6.53. The molecule has 0 aliphatic heterocycles. The molecular formula is C12H5AgCuN6NaO14-2. The van der Waals surface area contributed by atoms with Gasteiger partial charge in [0.15, 0.2) is 0 Å². The molecule has 0 aliphatic carbocycles. The van der Waals surface area contributed by atoms with E-state index in [0.29, 0.717) is 24.3 Å². The standard InChI is InChI=1S/2C6H3N3O7.Ag.Cu.Na.H/c2*10-6-4(8(13)14)1-3(7(11)12)2-5(6)9(15)16;;;;/h2*1-2,10H;;;;/p-2. The molecule has 0 aromatic heterocycles. The molecule has 0 bridgehead atoms. The van der Waals surface area contributed by atoms with Crippen molar-refractivity contribution in [3.8, 4) is 11.5 Å². The van der Waals surface area contributed by atoms with Crippen molar-refractivity contribution in [1.29, 1.82) is 0 Å². The van der Waals surface area contributed by atoms with Crippen LogP contribution in [0, 0.1) is 60.7 Å². The van der Waals surface area contributed by atoms with Gasteiger partial charge in [0.25, 0.3) is 34.1 Å². The van der Waals surface area contributed by atoms with Crippen LogP contribution in [0.5, 0.6) is 11.5 Å². The summed E-state index contributed by atoms with van der Waals surface area (Å²) >= 11 is 0. The molecule has 0 N–H and O–H groups in total. The Kier molecular flexibility index (Phi) is 15.4. The summed E-state index contributed by atoms with van der Waals surface area (Å²) in [6.45, 7) is 0. The average Bonchev–Trinajstić information content (AvgIpc) is 2.67. The van der Waals surface area contributed by atoms with E-state index in [4.69, 9.17) is 0 Å². The molecule has 192 valence electrons. The molecule has 2 radical (unpaired) electrons. The van der Waals surface area contributed by atoms with Gasteiger partial charge in [0.05, 0.1) is 65.3 Å². The summed E-state index contributed by atoms with van der Waals surface area (Å²) in [5.74, 6) is -2.92. The van der Waals surface area contributed by atoms with E-state index in [1.54, 1.807) is 0 Å². The molecule has 0 heterocycles. The van der Waals surface area contributed by atoms with Crippen molar-refractivity contribution in [3.05, 3.63) is 85.0 Å². The number of benzene rings is 2. The minimum atomic E-state index is -1.46. The summed E-state index contributed by atoms with van der Waals surface area (Å²) in [6.07, 6.45) is 0. The number of nitro benzene ring substituents is 6. The topological polar surface area (TPSA) is 305 Å².